The predicted molar refractivity (Wildman–Crippen MR) is 52.9 cm³/mol. The van der Waals surface area contributed by atoms with Gasteiger partial charge in [-0.3, -0.25) is 4.79 Å². The van der Waals surface area contributed by atoms with Crippen LogP contribution in [-0.4, -0.2) is 30.8 Å². The zero-order chi connectivity index (χ0) is 12.1. The molecule has 88 valence electrons. The SMILES string of the molecule is CCOC(=O)Cc1onc(C)c1C(=O)OC. The van der Waals surface area contributed by atoms with Crippen molar-refractivity contribution in [2.75, 3.05) is 13.7 Å². The highest BCUT2D eigenvalue weighted by atomic mass is 16.5. The number of methoxy groups -OCH3 is 1. The first-order valence-electron chi connectivity index (χ1n) is 4.79. The summed E-state index contributed by atoms with van der Waals surface area (Å²) < 4.78 is 14.2. The van der Waals surface area contributed by atoms with E-state index in [4.69, 9.17) is 9.26 Å². The number of hydrogen-bond donors (Lipinski definition) is 0. The van der Waals surface area contributed by atoms with Crippen molar-refractivity contribution in [2.45, 2.75) is 20.3 Å². The second kappa shape index (κ2) is 5.29. The second-order valence-electron chi connectivity index (χ2n) is 3.04. The molecule has 0 spiro atoms. The van der Waals surface area contributed by atoms with E-state index in [1.807, 2.05) is 0 Å². The van der Waals surface area contributed by atoms with Gasteiger partial charge in [0.15, 0.2) is 5.76 Å². The smallest absolute Gasteiger partial charge is 0.343 e. The number of carbonyl (C=O) groups excluding carboxylic acids is 2. The Morgan fingerprint density at radius 3 is 2.69 bits per heavy atom. The molecule has 1 aromatic rings. The van der Waals surface area contributed by atoms with Crippen LogP contribution in [0.3, 0.4) is 0 Å². The number of hydrogen-bond acceptors (Lipinski definition) is 6. The van der Waals surface area contributed by atoms with E-state index in [0.29, 0.717) is 5.69 Å². The van der Waals surface area contributed by atoms with Gasteiger partial charge in [-0.25, -0.2) is 4.79 Å². The molecule has 0 unspecified atom stereocenters. The van der Waals surface area contributed by atoms with Gasteiger partial charge in [-0.1, -0.05) is 5.16 Å². The van der Waals surface area contributed by atoms with Crippen molar-refractivity contribution in [3.63, 3.8) is 0 Å². The Labute approximate surface area is 92.5 Å². The maximum Gasteiger partial charge on any atom is 0.343 e. The summed E-state index contributed by atoms with van der Waals surface area (Å²) in [5.74, 6) is -0.871. The molecule has 1 heterocycles. The van der Waals surface area contributed by atoms with Gasteiger partial charge in [-0.15, -0.1) is 0 Å². The number of carbonyl (C=O) groups is 2. The topological polar surface area (TPSA) is 78.6 Å². The molecule has 0 fully saturated rings. The van der Waals surface area contributed by atoms with Crippen LogP contribution in [-0.2, 0) is 20.7 Å². The summed E-state index contributed by atoms with van der Waals surface area (Å²) in [5, 5.41) is 3.62. The van der Waals surface area contributed by atoms with Crippen LogP contribution in [0.5, 0.6) is 0 Å². The van der Waals surface area contributed by atoms with E-state index in [2.05, 4.69) is 9.89 Å². The van der Waals surface area contributed by atoms with Crippen molar-refractivity contribution in [3.05, 3.63) is 17.0 Å². The van der Waals surface area contributed by atoms with Gasteiger partial charge >= 0.3 is 11.9 Å². The van der Waals surface area contributed by atoms with Crippen LogP contribution in [0, 0.1) is 6.92 Å². The van der Waals surface area contributed by atoms with Gasteiger partial charge in [0.2, 0.25) is 0 Å². The van der Waals surface area contributed by atoms with Crippen molar-refractivity contribution >= 4 is 11.9 Å². The molecule has 1 aromatic heterocycles. The van der Waals surface area contributed by atoms with Gasteiger partial charge in [-0.05, 0) is 13.8 Å². The standard InChI is InChI=1S/C10H13NO5/c1-4-15-8(12)5-7-9(10(13)14-3)6(2)11-16-7/h4-5H2,1-3H3. The molecule has 0 saturated carbocycles. The Balaban J connectivity index is 2.88. The number of ether oxygens (including phenoxy) is 2. The minimum absolute atomic E-state index is 0.126. The third-order valence-corrected chi connectivity index (χ3v) is 1.93. The summed E-state index contributed by atoms with van der Waals surface area (Å²) in [7, 11) is 1.25. The summed E-state index contributed by atoms with van der Waals surface area (Å²) in [5.41, 5.74) is 0.585. The first kappa shape index (κ1) is 12.2. The van der Waals surface area contributed by atoms with Crippen molar-refractivity contribution in [1.82, 2.24) is 5.16 Å². The first-order chi connectivity index (χ1) is 7.60. The molecule has 0 aliphatic heterocycles. The van der Waals surface area contributed by atoms with Gasteiger partial charge in [0.05, 0.1) is 19.4 Å². The van der Waals surface area contributed by atoms with Crippen LogP contribution < -0.4 is 0 Å². The summed E-state index contributed by atoms with van der Waals surface area (Å²) in [6.45, 7) is 3.58. The van der Waals surface area contributed by atoms with Crippen LogP contribution in [0.4, 0.5) is 0 Å². The number of rotatable bonds is 4. The molecule has 0 aliphatic rings. The fraction of sp³-hybridized carbons (Fsp3) is 0.500. The largest absolute Gasteiger partial charge is 0.466 e. The van der Waals surface area contributed by atoms with Gasteiger partial charge in [0, 0.05) is 0 Å². The highest BCUT2D eigenvalue weighted by Gasteiger charge is 2.23. The Morgan fingerprint density at radius 1 is 1.44 bits per heavy atom. The zero-order valence-corrected chi connectivity index (χ0v) is 9.40. The fourth-order valence-electron chi connectivity index (χ4n) is 1.24. The molecule has 6 nitrogen and oxygen atoms in total. The van der Waals surface area contributed by atoms with E-state index >= 15 is 0 Å². The van der Waals surface area contributed by atoms with Crippen LogP contribution in [0.1, 0.15) is 28.7 Å². The molecule has 0 aromatic carbocycles. The molecule has 0 amide bonds. The number of aryl methyl sites for hydroxylation is 1. The average Bonchev–Trinajstić information content (AvgIpc) is 2.59. The molecule has 0 atom stereocenters. The molecule has 0 radical (unpaired) electrons. The van der Waals surface area contributed by atoms with Crippen LogP contribution in [0.2, 0.25) is 0 Å². The highest BCUT2D eigenvalue weighted by Crippen LogP contribution is 2.15. The Hall–Kier alpha value is -1.85. The zero-order valence-electron chi connectivity index (χ0n) is 9.40. The molecule has 0 saturated heterocycles. The third-order valence-electron chi connectivity index (χ3n) is 1.93. The number of nitrogens with zero attached hydrogens (tertiary/aromatic N) is 1. The number of esters is 2. The molecular formula is C10H13NO5. The summed E-state index contributed by atoms with van der Waals surface area (Å²) in [6.07, 6.45) is -0.126. The van der Waals surface area contributed by atoms with Gasteiger partial charge in [0.1, 0.15) is 12.0 Å². The molecule has 16 heavy (non-hydrogen) atoms. The lowest BCUT2D eigenvalue weighted by atomic mass is 10.1. The van der Waals surface area contributed by atoms with E-state index in [1.165, 1.54) is 7.11 Å². The quantitative estimate of drug-likeness (QED) is 0.710. The Kier molecular flexibility index (Phi) is 4.04. The average molecular weight is 227 g/mol. The third kappa shape index (κ3) is 2.59. The Morgan fingerprint density at radius 2 is 2.12 bits per heavy atom. The van der Waals surface area contributed by atoms with E-state index < -0.39 is 11.9 Å². The summed E-state index contributed by atoms with van der Waals surface area (Å²) in [6, 6.07) is 0. The van der Waals surface area contributed by atoms with E-state index in [-0.39, 0.29) is 24.4 Å². The van der Waals surface area contributed by atoms with Gasteiger partial charge < -0.3 is 14.0 Å². The number of aromatic nitrogens is 1. The predicted octanol–water partition coefficient (Wildman–Crippen LogP) is 0.875. The summed E-state index contributed by atoms with van der Waals surface area (Å²) in [4.78, 5) is 22.6. The van der Waals surface area contributed by atoms with Crippen molar-refractivity contribution in [1.29, 1.82) is 0 Å². The molecule has 0 N–H and O–H groups in total. The van der Waals surface area contributed by atoms with E-state index in [9.17, 15) is 9.59 Å². The monoisotopic (exact) mass is 227 g/mol. The van der Waals surface area contributed by atoms with Gasteiger partial charge in [0.25, 0.3) is 0 Å². The highest BCUT2D eigenvalue weighted by molar-refractivity contribution is 5.92. The fourth-order valence-corrected chi connectivity index (χ4v) is 1.24. The van der Waals surface area contributed by atoms with E-state index in [1.54, 1.807) is 13.8 Å². The second-order valence-corrected chi connectivity index (χ2v) is 3.04. The lowest BCUT2D eigenvalue weighted by molar-refractivity contribution is -0.142. The van der Waals surface area contributed by atoms with Crippen LogP contribution in [0.25, 0.3) is 0 Å². The molecule has 6 heteroatoms. The Bertz CT molecular complexity index is 396. The van der Waals surface area contributed by atoms with Crippen molar-refractivity contribution in [3.8, 4) is 0 Å². The minimum atomic E-state index is -0.571. The lowest BCUT2D eigenvalue weighted by Crippen LogP contribution is -2.11. The van der Waals surface area contributed by atoms with Crippen molar-refractivity contribution in [2.24, 2.45) is 0 Å². The molecular weight excluding hydrogens is 214 g/mol. The van der Waals surface area contributed by atoms with E-state index in [0.717, 1.165) is 0 Å². The normalized spacial score (nSPS) is 9.94. The van der Waals surface area contributed by atoms with Crippen LogP contribution in [0.15, 0.2) is 4.52 Å². The summed E-state index contributed by atoms with van der Waals surface area (Å²) >= 11 is 0. The van der Waals surface area contributed by atoms with Gasteiger partial charge in [-0.2, -0.15) is 0 Å². The van der Waals surface area contributed by atoms with Crippen molar-refractivity contribution < 1.29 is 23.6 Å². The molecule has 1 rings (SSSR count). The maximum atomic E-state index is 11.4. The van der Waals surface area contributed by atoms with Crippen LogP contribution >= 0.6 is 0 Å². The first-order valence-corrected chi connectivity index (χ1v) is 4.79. The lowest BCUT2D eigenvalue weighted by Gasteiger charge is -2.00. The maximum absolute atomic E-state index is 11.4. The molecule has 0 bridgehead atoms. The molecule has 0 aliphatic carbocycles. The minimum Gasteiger partial charge on any atom is -0.466 e.